The van der Waals surface area contributed by atoms with Crippen molar-refractivity contribution in [2.75, 3.05) is 12.9 Å². The zero-order valence-electron chi connectivity index (χ0n) is 10.8. The van der Waals surface area contributed by atoms with Crippen molar-refractivity contribution in [1.29, 1.82) is 0 Å². The number of methoxy groups -OCH3 is 1. The van der Waals surface area contributed by atoms with E-state index in [0.717, 1.165) is 11.3 Å². The summed E-state index contributed by atoms with van der Waals surface area (Å²) in [4.78, 5) is 11.2. The molecule has 1 aromatic heterocycles. The highest BCUT2D eigenvalue weighted by atomic mass is 32.2. The molecule has 0 aliphatic heterocycles. The first-order valence-electron chi connectivity index (χ1n) is 5.75. The van der Waals surface area contributed by atoms with Gasteiger partial charge in [0.25, 0.3) is 0 Å². The van der Waals surface area contributed by atoms with Crippen molar-refractivity contribution in [2.24, 2.45) is 12.8 Å². The molecule has 1 heterocycles. The number of nitrogens with zero attached hydrogens (tertiary/aromatic N) is 2. The number of aromatic nitrogens is 3. The Balaban J connectivity index is 1.98. The minimum atomic E-state index is -0.222. The summed E-state index contributed by atoms with van der Waals surface area (Å²) >= 11 is 1.45. The van der Waals surface area contributed by atoms with Gasteiger partial charge in [-0.15, -0.1) is 5.10 Å². The fraction of sp³-hybridized carbons (Fsp3) is 0.333. The van der Waals surface area contributed by atoms with Crippen LogP contribution < -0.4 is 16.2 Å². The Morgan fingerprint density at radius 1 is 1.47 bits per heavy atom. The Morgan fingerprint density at radius 3 is 2.68 bits per heavy atom. The van der Waals surface area contributed by atoms with Gasteiger partial charge in [0.05, 0.1) is 7.11 Å². The maximum absolute atomic E-state index is 11.2. The van der Waals surface area contributed by atoms with Gasteiger partial charge in [-0.2, -0.15) is 0 Å². The van der Waals surface area contributed by atoms with E-state index >= 15 is 0 Å². The van der Waals surface area contributed by atoms with Gasteiger partial charge >= 0.3 is 5.69 Å². The van der Waals surface area contributed by atoms with Crippen LogP contribution in [-0.4, -0.2) is 27.6 Å². The zero-order valence-corrected chi connectivity index (χ0v) is 11.6. The molecule has 1 unspecified atom stereocenters. The lowest BCUT2D eigenvalue weighted by atomic mass is 10.1. The number of thioether (sulfide) groups is 1. The van der Waals surface area contributed by atoms with Crippen molar-refractivity contribution >= 4 is 11.8 Å². The summed E-state index contributed by atoms with van der Waals surface area (Å²) in [5.74, 6) is 1.45. The summed E-state index contributed by atoms with van der Waals surface area (Å²) in [6, 6.07) is 7.51. The molecular formula is C12H16N4O2S. The maximum Gasteiger partial charge on any atom is 0.343 e. The number of H-pyrrole nitrogens is 1. The smallest absolute Gasteiger partial charge is 0.343 e. The molecule has 0 aliphatic rings. The predicted molar refractivity (Wildman–Crippen MR) is 74.5 cm³/mol. The molecule has 0 fully saturated rings. The third-order valence-electron chi connectivity index (χ3n) is 2.77. The molecule has 0 radical (unpaired) electrons. The first-order valence-corrected chi connectivity index (χ1v) is 6.74. The van der Waals surface area contributed by atoms with Crippen molar-refractivity contribution in [1.82, 2.24) is 14.8 Å². The summed E-state index contributed by atoms with van der Waals surface area (Å²) in [7, 11) is 3.30. The van der Waals surface area contributed by atoms with Gasteiger partial charge in [-0.3, -0.25) is 4.57 Å². The topological polar surface area (TPSA) is 85.9 Å². The van der Waals surface area contributed by atoms with Crippen molar-refractivity contribution < 1.29 is 4.74 Å². The maximum atomic E-state index is 11.2. The molecule has 0 amide bonds. The molecule has 0 spiro atoms. The van der Waals surface area contributed by atoms with Gasteiger partial charge in [-0.1, -0.05) is 23.9 Å². The lowest BCUT2D eigenvalue weighted by Crippen LogP contribution is -2.15. The molecule has 6 nitrogen and oxygen atoms in total. The minimum absolute atomic E-state index is 0.122. The molecule has 2 rings (SSSR count). The van der Waals surface area contributed by atoms with Crippen LogP contribution in [0.3, 0.4) is 0 Å². The van der Waals surface area contributed by atoms with Crippen molar-refractivity contribution in [3.05, 3.63) is 40.3 Å². The van der Waals surface area contributed by atoms with Crippen LogP contribution in [0.2, 0.25) is 0 Å². The van der Waals surface area contributed by atoms with Crippen LogP contribution in [0.4, 0.5) is 0 Å². The minimum Gasteiger partial charge on any atom is -0.497 e. The number of benzene rings is 1. The summed E-state index contributed by atoms with van der Waals surface area (Å²) in [5.41, 5.74) is 6.90. The Labute approximate surface area is 115 Å². The highest BCUT2D eigenvalue weighted by Gasteiger charge is 2.10. The van der Waals surface area contributed by atoms with Crippen LogP contribution in [0, 0.1) is 0 Å². The number of ether oxygens (including phenoxy) is 1. The van der Waals surface area contributed by atoms with Crippen LogP contribution in [0.15, 0.2) is 34.2 Å². The van der Waals surface area contributed by atoms with Gasteiger partial charge in [0.2, 0.25) is 0 Å². The van der Waals surface area contributed by atoms with Gasteiger partial charge in [0, 0.05) is 18.8 Å². The SMILES string of the molecule is COc1ccc(C(N)CSc2n[nH]c(=O)n2C)cc1. The molecule has 2 aromatic rings. The van der Waals surface area contributed by atoms with Gasteiger partial charge in [0.1, 0.15) is 5.75 Å². The van der Waals surface area contributed by atoms with Crippen molar-refractivity contribution in [2.45, 2.75) is 11.2 Å². The van der Waals surface area contributed by atoms with E-state index in [2.05, 4.69) is 10.2 Å². The molecular weight excluding hydrogens is 264 g/mol. The summed E-state index contributed by atoms with van der Waals surface area (Å²) in [5, 5.41) is 6.95. The van der Waals surface area contributed by atoms with E-state index in [4.69, 9.17) is 10.5 Å². The molecule has 3 N–H and O–H groups in total. The lowest BCUT2D eigenvalue weighted by molar-refractivity contribution is 0.414. The average Bonchev–Trinajstić information content (AvgIpc) is 2.76. The van der Waals surface area contributed by atoms with E-state index < -0.39 is 0 Å². The van der Waals surface area contributed by atoms with Crippen LogP contribution in [0.5, 0.6) is 5.75 Å². The lowest BCUT2D eigenvalue weighted by Gasteiger charge is -2.11. The highest BCUT2D eigenvalue weighted by Crippen LogP contribution is 2.22. The molecule has 1 aromatic carbocycles. The van der Waals surface area contributed by atoms with E-state index in [9.17, 15) is 4.79 Å². The molecule has 102 valence electrons. The average molecular weight is 280 g/mol. The van der Waals surface area contributed by atoms with Crippen LogP contribution in [0.1, 0.15) is 11.6 Å². The van der Waals surface area contributed by atoms with Gasteiger partial charge < -0.3 is 10.5 Å². The second kappa shape index (κ2) is 5.94. The van der Waals surface area contributed by atoms with E-state index in [-0.39, 0.29) is 11.7 Å². The third kappa shape index (κ3) is 3.18. The van der Waals surface area contributed by atoms with E-state index in [1.165, 1.54) is 16.3 Å². The normalized spacial score (nSPS) is 12.4. The Kier molecular flexibility index (Phi) is 4.28. The Hall–Kier alpha value is -1.73. The number of nitrogens with one attached hydrogen (secondary N) is 1. The van der Waals surface area contributed by atoms with Gasteiger partial charge in [-0.25, -0.2) is 9.89 Å². The van der Waals surface area contributed by atoms with Crippen molar-refractivity contribution in [3.8, 4) is 5.75 Å². The van der Waals surface area contributed by atoms with Crippen LogP contribution >= 0.6 is 11.8 Å². The van der Waals surface area contributed by atoms with E-state index in [1.807, 2.05) is 24.3 Å². The fourth-order valence-corrected chi connectivity index (χ4v) is 2.48. The predicted octanol–water partition coefficient (Wildman–Crippen LogP) is 0.909. The van der Waals surface area contributed by atoms with Crippen LogP contribution in [-0.2, 0) is 7.05 Å². The molecule has 0 bridgehead atoms. The largest absolute Gasteiger partial charge is 0.497 e. The Morgan fingerprint density at radius 2 is 2.16 bits per heavy atom. The second-order valence-corrected chi connectivity index (χ2v) is 5.05. The standard InChI is InChI=1S/C12H16N4O2S/c1-16-11(17)14-15-12(16)19-7-10(13)8-3-5-9(18-2)6-4-8/h3-6,10H,7,13H2,1-2H3,(H,14,17). The number of rotatable bonds is 5. The highest BCUT2D eigenvalue weighted by molar-refractivity contribution is 7.99. The Bertz CT molecular complexity index is 591. The number of nitrogens with two attached hydrogens (primary N) is 1. The van der Waals surface area contributed by atoms with E-state index in [1.54, 1.807) is 14.2 Å². The molecule has 0 aliphatic carbocycles. The number of hydrogen-bond acceptors (Lipinski definition) is 5. The monoisotopic (exact) mass is 280 g/mol. The zero-order chi connectivity index (χ0) is 13.8. The van der Waals surface area contributed by atoms with Crippen molar-refractivity contribution in [3.63, 3.8) is 0 Å². The summed E-state index contributed by atoms with van der Waals surface area (Å²) < 4.78 is 6.56. The fourth-order valence-electron chi connectivity index (χ4n) is 1.57. The molecule has 0 saturated carbocycles. The quantitative estimate of drug-likeness (QED) is 0.795. The van der Waals surface area contributed by atoms with E-state index in [0.29, 0.717) is 10.9 Å². The summed E-state index contributed by atoms with van der Waals surface area (Å²) in [6.45, 7) is 0. The second-order valence-electron chi connectivity index (χ2n) is 4.06. The number of aromatic amines is 1. The number of hydrogen-bond donors (Lipinski definition) is 2. The first kappa shape index (κ1) is 13.7. The van der Waals surface area contributed by atoms with Gasteiger partial charge in [0.15, 0.2) is 5.16 Å². The van der Waals surface area contributed by atoms with Crippen LogP contribution in [0.25, 0.3) is 0 Å². The summed E-state index contributed by atoms with van der Waals surface area (Å²) in [6.07, 6.45) is 0. The third-order valence-corrected chi connectivity index (χ3v) is 3.92. The molecule has 1 atom stereocenters. The molecule has 19 heavy (non-hydrogen) atoms. The first-order chi connectivity index (χ1) is 9.11. The molecule has 0 saturated heterocycles. The van der Waals surface area contributed by atoms with Gasteiger partial charge in [-0.05, 0) is 17.7 Å². The molecule has 7 heteroatoms.